The summed E-state index contributed by atoms with van der Waals surface area (Å²) in [5.74, 6) is -0.0309. The van der Waals surface area contributed by atoms with E-state index in [9.17, 15) is 18.3 Å². The number of carbonyl (C=O) groups is 1. The molecule has 8 heteroatoms. The van der Waals surface area contributed by atoms with Gasteiger partial charge in [-0.1, -0.05) is 25.5 Å². The molecule has 0 spiro atoms. The van der Waals surface area contributed by atoms with Crippen LogP contribution in [0.1, 0.15) is 38.2 Å². The van der Waals surface area contributed by atoms with E-state index in [-0.39, 0.29) is 28.9 Å². The number of hydrogen-bond acceptors (Lipinski definition) is 5. The van der Waals surface area contributed by atoms with Crippen LogP contribution in [0.4, 0.5) is 0 Å². The highest BCUT2D eigenvalue weighted by atomic mass is 32.2. The lowest BCUT2D eigenvalue weighted by Gasteiger charge is -2.30. The van der Waals surface area contributed by atoms with Crippen molar-refractivity contribution in [3.63, 3.8) is 0 Å². The van der Waals surface area contributed by atoms with Gasteiger partial charge in [-0.05, 0) is 37.0 Å². The van der Waals surface area contributed by atoms with E-state index >= 15 is 0 Å². The number of aliphatic hydroxyl groups excluding tert-OH is 1. The summed E-state index contributed by atoms with van der Waals surface area (Å²) in [7, 11) is -3.49. The minimum Gasteiger partial charge on any atom is -0.396 e. The van der Waals surface area contributed by atoms with Crippen molar-refractivity contribution in [2.24, 2.45) is 5.41 Å². The normalized spacial score (nSPS) is 26.3. The Morgan fingerprint density at radius 2 is 1.96 bits per heavy atom. The molecule has 2 fully saturated rings. The molecule has 2 N–H and O–H groups in total. The number of aryl methyl sites for hydroxylation is 1. The van der Waals surface area contributed by atoms with Gasteiger partial charge >= 0.3 is 0 Å². The second kappa shape index (κ2) is 8.90. The number of nitrogens with zero attached hydrogens (tertiary/aromatic N) is 1. The molecule has 1 aromatic rings. The Morgan fingerprint density at radius 1 is 1.29 bits per heavy atom. The van der Waals surface area contributed by atoms with Crippen molar-refractivity contribution in [2.45, 2.75) is 50.0 Å². The second-order valence-corrected chi connectivity index (χ2v) is 9.92. The van der Waals surface area contributed by atoms with Gasteiger partial charge in [-0.25, -0.2) is 8.42 Å². The fourth-order valence-electron chi connectivity index (χ4n) is 3.96. The maximum atomic E-state index is 12.6. The quantitative estimate of drug-likeness (QED) is 0.707. The zero-order valence-electron chi connectivity index (χ0n) is 16.4. The number of benzene rings is 1. The first-order valence-corrected chi connectivity index (χ1v) is 11.4. The molecule has 0 unspecified atom stereocenters. The summed E-state index contributed by atoms with van der Waals surface area (Å²) in [6, 6.07) is 6.78. The minimum atomic E-state index is -3.49. The molecule has 1 aliphatic carbocycles. The van der Waals surface area contributed by atoms with Crippen molar-refractivity contribution in [1.82, 2.24) is 9.62 Å². The summed E-state index contributed by atoms with van der Waals surface area (Å²) in [5.41, 5.74) is 0.693. The number of aliphatic hydroxyl groups is 1. The Morgan fingerprint density at radius 3 is 2.61 bits per heavy atom. The Kier molecular flexibility index (Phi) is 6.75. The topological polar surface area (TPSA) is 95.9 Å². The molecule has 1 aromatic carbocycles. The van der Waals surface area contributed by atoms with E-state index in [1.165, 1.54) is 4.31 Å². The molecule has 1 amide bonds. The zero-order chi connectivity index (χ0) is 20.2. The first kappa shape index (κ1) is 21.2. The highest BCUT2D eigenvalue weighted by Gasteiger charge is 2.38. The largest absolute Gasteiger partial charge is 0.396 e. The third-order valence-corrected chi connectivity index (χ3v) is 7.86. The lowest BCUT2D eigenvalue weighted by Crippen LogP contribution is -2.44. The predicted octanol–water partition coefficient (Wildman–Crippen LogP) is 1.31. The van der Waals surface area contributed by atoms with Crippen LogP contribution in [0.2, 0.25) is 0 Å². The molecule has 28 heavy (non-hydrogen) atoms. The molecule has 3 rings (SSSR count). The number of rotatable bonds is 7. The molecule has 0 radical (unpaired) electrons. The fraction of sp³-hybridized carbons (Fsp3) is 0.650. The summed E-state index contributed by atoms with van der Waals surface area (Å²) in [6.07, 6.45) is 3.73. The Balaban J connectivity index is 1.54. The standard InChI is InChI=1S/C20H30N2O5S/c1-20(15-23)10-2-3-18(20)21-19(24)9-6-16-4-7-17(8-5-16)28(25,26)22-11-13-27-14-12-22/h4-5,7-8,18,23H,2-3,6,9-15H2,1H3,(H,21,24)/t18-,20+/m0/s1. The first-order valence-electron chi connectivity index (χ1n) is 9.92. The average Bonchev–Trinajstić information content (AvgIpc) is 3.08. The van der Waals surface area contributed by atoms with Crippen LogP contribution >= 0.6 is 0 Å². The van der Waals surface area contributed by atoms with Gasteiger partial charge in [0.15, 0.2) is 0 Å². The molecule has 1 saturated carbocycles. The van der Waals surface area contributed by atoms with E-state index in [2.05, 4.69) is 5.32 Å². The average molecular weight is 411 g/mol. The van der Waals surface area contributed by atoms with E-state index in [1.807, 2.05) is 6.92 Å². The van der Waals surface area contributed by atoms with Crippen LogP contribution in [0, 0.1) is 5.41 Å². The number of carbonyl (C=O) groups excluding carboxylic acids is 1. The van der Waals surface area contributed by atoms with Gasteiger partial charge in [-0.15, -0.1) is 0 Å². The number of nitrogens with one attached hydrogen (secondary N) is 1. The molecular formula is C20H30N2O5S. The summed E-state index contributed by atoms with van der Waals surface area (Å²) < 4.78 is 31.9. The molecule has 2 aliphatic rings. The van der Waals surface area contributed by atoms with Gasteiger partial charge in [0, 0.05) is 31.0 Å². The number of amides is 1. The van der Waals surface area contributed by atoms with Crippen LogP contribution < -0.4 is 5.32 Å². The Hall–Kier alpha value is -1.48. The van der Waals surface area contributed by atoms with Gasteiger partial charge in [0.05, 0.1) is 24.7 Å². The molecule has 0 aromatic heterocycles. The number of sulfonamides is 1. The minimum absolute atomic E-state index is 0.0195. The van der Waals surface area contributed by atoms with Crippen molar-refractivity contribution in [3.05, 3.63) is 29.8 Å². The van der Waals surface area contributed by atoms with Crippen LogP contribution in [-0.4, -0.2) is 62.7 Å². The first-order chi connectivity index (χ1) is 13.3. The second-order valence-electron chi connectivity index (χ2n) is 7.98. The highest BCUT2D eigenvalue weighted by molar-refractivity contribution is 7.89. The van der Waals surface area contributed by atoms with E-state index in [0.717, 1.165) is 24.8 Å². The molecule has 1 saturated heterocycles. The molecule has 1 aliphatic heterocycles. The smallest absolute Gasteiger partial charge is 0.243 e. The molecule has 7 nitrogen and oxygen atoms in total. The van der Waals surface area contributed by atoms with Crippen molar-refractivity contribution in [3.8, 4) is 0 Å². The van der Waals surface area contributed by atoms with Gasteiger partial charge in [-0.2, -0.15) is 4.31 Å². The van der Waals surface area contributed by atoms with E-state index in [1.54, 1.807) is 24.3 Å². The summed E-state index contributed by atoms with van der Waals surface area (Å²) >= 11 is 0. The van der Waals surface area contributed by atoms with E-state index < -0.39 is 10.0 Å². The van der Waals surface area contributed by atoms with Crippen molar-refractivity contribution in [1.29, 1.82) is 0 Å². The van der Waals surface area contributed by atoms with Crippen molar-refractivity contribution >= 4 is 15.9 Å². The van der Waals surface area contributed by atoms with Crippen LogP contribution in [0.3, 0.4) is 0 Å². The molecule has 2 atom stereocenters. The van der Waals surface area contributed by atoms with Crippen LogP contribution in [0.5, 0.6) is 0 Å². The van der Waals surface area contributed by atoms with Crippen molar-refractivity contribution < 1.29 is 23.1 Å². The maximum Gasteiger partial charge on any atom is 0.243 e. The summed E-state index contributed by atoms with van der Waals surface area (Å²) in [6.45, 7) is 3.68. The zero-order valence-corrected chi connectivity index (χ0v) is 17.2. The third kappa shape index (κ3) is 4.74. The number of ether oxygens (including phenoxy) is 1. The lowest BCUT2D eigenvalue weighted by molar-refractivity contribution is -0.122. The molecule has 0 bridgehead atoms. The van der Waals surface area contributed by atoms with Gasteiger partial charge in [0.25, 0.3) is 0 Å². The summed E-state index contributed by atoms with van der Waals surface area (Å²) in [5, 5.41) is 12.6. The van der Waals surface area contributed by atoms with Gasteiger partial charge in [0.2, 0.25) is 15.9 Å². The number of hydrogen-bond donors (Lipinski definition) is 2. The van der Waals surface area contributed by atoms with Gasteiger partial charge < -0.3 is 15.2 Å². The Labute approximate surface area is 167 Å². The predicted molar refractivity (Wildman–Crippen MR) is 105 cm³/mol. The lowest BCUT2D eigenvalue weighted by atomic mass is 9.85. The monoisotopic (exact) mass is 410 g/mol. The van der Waals surface area contributed by atoms with Crippen LogP contribution in [0.15, 0.2) is 29.2 Å². The van der Waals surface area contributed by atoms with Gasteiger partial charge in [0.1, 0.15) is 0 Å². The van der Waals surface area contributed by atoms with Gasteiger partial charge in [-0.3, -0.25) is 4.79 Å². The number of morpholine rings is 1. The molecule has 156 valence electrons. The van der Waals surface area contributed by atoms with E-state index in [0.29, 0.717) is 39.1 Å². The maximum absolute atomic E-state index is 12.6. The van der Waals surface area contributed by atoms with Crippen molar-refractivity contribution in [2.75, 3.05) is 32.9 Å². The third-order valence-electron chi connectivity index (χ3n) is 5.95. The molecule has 1 heterocycles. The molecular weight excluding hydrogens is 380 g/mol. The van der Waals surface area contributed by atoms with E-state index in [4.69, 9.17) is 4.74 Å². The highest BCUT2D eigenvalue weighted by Crippen LogP contribution is 2.37. The van der Waals surface area contributed by atoms with Crippen LogP contribution in [-0.2, 0) is 26.0 Å². The van der Waals surface area contributed by atoms with Crippen LogP contribution in [0.25, 0.3) is 0 Å². The summed E-state index contributed by atoms with van der Waals surface area (Å²) in [4.78, 5) is 12.6. The Bertz CT molecular complexity index is 774. The fourth-order valence-corrected chi connectivity index (χ4v) is 5.36. The SMILES string of the molecule is C[C@]1(CO)CCC[C@@H]1NC(=O)CCc1ccc(S(=O)(=O)N2CCOCC2)cc1.